The highest BCUT2D eigenvalue weighted by Gasteiger charge is 2.08. The lowest BCUT2D eigenvalue weighted by Crippen LogP contribution is -2.12. The number of rotatable bonds is 4. The standard InChI is InChI=1S/C13H17NO2S/c1-8(2)13-14-11-5-4-10(6-12(11)17-13)16-7-9(3)15/h4-6,8-9,15H,7H2,1-3H3. The van der Waals surface area contributed by atoms with Crippen LogP contribution in [-0.4, -0.2) is 22.8 Å². The highest BCUT2D eigenvalue weighted by molar-refractivity contribution is 7.18. The Morgan fingerprint density at radius 3 is 2.76 bits per heavy atom. The largest absolute Gasteiger partial charge is 0.491 e. The van der Waals surface area contributed by atoms with Gasteiger partial charge in [-0.2, -0.15) is 0 Å². The van der Waals surface area contributed by atoms with Gasteiger partial charge in [-0.25, -0.2) is 4.98 Å². The molecule has 17 heavy (non-hydrogen) atoms. The molecule has 0 radical (unpaired) electrons. The van der Waals surface area contributed by atoms with Crippen molar-refractivity contribution in [1.82, 2.24) is 4.98 Å². The van der Waals surface area contributed by atoms with Crippen molar-refractivity contribution in [2.24, 2.45) is 0 Å². The zero-order valence-corrected chi connectivity index (χ0v) is 11.1. The Morgan fingerprint density at radius 1 is 1.35 bits per heavy atom. The summed E-state index contributed by atoms with van der Waals surface area (Å²) in [6.07, 6.45) is -0.446. The number of nitrogens with zero attached hydrogens (tertiary/aromatic N) is 1. The summed E-state index contributed by atoms with van der Waals surface area (Å²) in [4.78, 5) is 4.56. The summed E-state index contributed by atoms with van der Waals surface area (Å²) in [5.74, 6) is 1.24. The minimum Gasteiger partial charge on any atom is -0.491 e. The highest BCUT2D eigenvalue weighted by atomic mass is 32.1. The molecule has 0 spiro atoms. The molecule has 0 aliphatic carbocycles. The van der Waals surface area contributed by atoms with Gasteiger partial charge in [0.25, 0.3) is 0 Å². The van der Waals surface area contributed by atoms with Crippen LogP contribution in [0.4, 0.5) is 0 Å². The number of ether oxygens (including phenoxy) is 1. The fourth-order valence-electron chi connectivity index (χ4n) is 1.48. The molecule has 1 aromatic carbocycles. The van der Waals surface area contributed by atoms with Gasteiger partial charge in [0.2, 0.25) is 0 Å². The summed E-state index contributed by atoms with van der Waals surface area (Å²) >= 11 is 1.70. The molecule has 1 aromatic heterocycles. The van der Waals surface area contributed by atoms with Gasteiger partial charge >= 0.3 is 0 Å². The highest BCUT2D eigenvalue weighted by Crippen LogP contribution is 2.29. The monoisotopic (exact) mass is 251 g/mol. The van der Waals surface area contributed by atoms with Crippen molar-refractivity contribution in [3.05, 3.63) is 23.2 Å². The van der Waals surface area contributed by atoms with Crippen LogP contribution in [0.5, 0.6) is 5.75 Å². The Bertz CT molecular complexity index is 505. The van der Waals surface area contributed by atoms with E-state index >= 15 is 0 Å². The second-order valence-electron chi connectivity index (χ2n) is 4.50. The normalized spacial score (nSPS) is 13.2. The third-order valence-corrected chi connectivity index (χ3v) is 3.68. The van der Waals surface area contributed by atoms with E-state index in [1.165, 1.54) is 0 Å². The molecule has 0 aliphatic rings. The van der Waals surface area contributed by atoms with Crippen molar-refractivity contribution in [3.63, 3.8) is 0 Å². The molecule has 92 valence electrons. The van der Waals surface area contributed by atoms with E-state index < -0.39 is 6.10 Å². The molecule has 0 saturated carbocycles. The first kappa shape index (κ1) is 12.3. The molecule has 1 N–H and O–H groups in total. The minimum absolute atomic E-state index is 0.321. The van der Waals surface area contributed by atoms with Gasteiger partial charge in [0.1, 0.15) is 12.4 Å². The van der Waals surface area contributed by atoms with E-state index in [0.717, 1.165) is 21.0 Å². The third kappa shape index (κ3) is 2.96. The molecule has 0 aliphatic heterocycles. The molecule has 1 heterocycles. The fourth-order valence-corrected chi connectivity index (χ4v) is 2.47. The zero-order chi connectivity index (χ0) is 12.4. The lowest BCUT2D eigenvalue weighted by atomic mass is 10.2. The number of hydrogen-bond donors (Lipinski definition) is 1. The molecular weight excluding hydrogens is 234 g/mol. The number of aromatic nitrogens is 1. The van der Waals surface area contributed by atoms with Gasteiger partial charge in [-0.05, 0) is 25.1 Å². The van der Waals surface area contributed by atoms with Crippen LogP contribution >= 0.6 is 11.3 Å². The van der Waals surface area contributed by atoms with Crippen LogP contribution in [0.1, 0.15) is 31.7 Å². The van der Waals surface area contributed by atoms with Gasteiger partial charge in [0, 0.05) is 5.92 Å². The number of thiazole rings is 1. The van der Waals surface area contributed by atoms with Crippen molar-refractivity contribution in [2.75, 3.05) is 6.61 Å². The Hall–Kier alpha value is -1.13. The molecule has 2 rings (SSSR count). The summed E-state index contributed by atoms with van der Waals surface area (Å²) < 4.78 is 6.61. The van der Waals surface area contributed by atoms with Crippen molar-refractivity contribution in [1.29, 1.82) is 0 Å². The predicted octanol–water partition coefficient (Wildman–Crippen LogP) is 3.18. The summed E-state index contributed by atoms with van der Waals surface area (Å²) in [5, 5.41) is 10.3. The number of benzene rings is 1. The first-order valence-corrected chi connectivity index (χ1v) is 6.59. The van der Waals surface area contributed by atoms with Gasteiger partial charge in [0.15, 0.2) is 0 Å². The molecule has 0 fully saturated rings. The van der Waals surface area contributed by atoms with Crippen molar-refractivity contribution < 1.29 is 9.84 Å². The number of aliphatic hydroxyl groups excluding tert-OH is 1. The van der Waals surface area contributed by atoms with Gasteiger partial charge in [-0.15, -0.1) is 11.3 Å². The predicted molar refractivity (Wildman–Crippen MR) is 70.9 cm³/mol. The van der Waals surface area contributed by atoms with E-state index in [0.29, 0.717) is 12.5 Å². The summed E-state index contributed by atoms with van der Waals surface area (Å²) in [6, 6.07) is 5.85. The van der Waals surface area contributed by atoms with Crippen LogP contribution < -0.4 is 4.74 Å². The summed E-state index contributed by atoms with van der Waals surface area (Å²) in [5.41, 5.74) is 1.02. The van der Waals surface area contributed by atoms with E-state index in [2.05, 4.69) is 18.8 Å². The molecule has 0 saturated heterocycles. The molecule has 0 amide bonds. The van der Waals surface area contributed by atoms with Gasteiger partial charge in [0.05, 0.1) is 21.3 Å². The second kappa shape index (κ2) is 5.02. The smallest absolute Gasteiger partial charge is 0.121 e. The van der Waals surface area contributed by atoms with E-state index in [4.69, 9.17) is 9.84 Å². The van der Waals surface area contributed by atoms with Crippen LogP contribution in [0.15, 0.2) is 18.2 Å². The maximum Gasteiger partial charge on any atom is 0.121 e. The average molecular weight is 251 g/mol. The lowest BCUT2D eigenvalue weighted by molar-refractivity contribution is 0.123. The Kier molecular flexibility index (Phi) is 3.64. The van der Waals surface area contributed by atoms with Crippen molar-refractivity contribution >= 4 is 21.6 Å². The number of hydrogen-bond acceptors (Lipinski definition) is 4. The number of fused-ring (bicyclic) bond motifs is 1. The van der Waals surface area contributed by atoms with Crippen molar-refractivity contribution in [2.45, 2.75) is 32.8 Å². The quantitative estimate of drug-likeness (QED) is 0.907. The lowest BCUT2D eigenvalue weighted by Gasteiger charge is -2.07. The number of aliphatic hydroxyl groups is 1. The van der Waals surface area contributed by atoms with E-state index in [1.54, 1.807) is 18.3 Å². The maximum atomic E-state index is 9.17. The maximum absolute atomic E-state index is 9.17. The molecule has 1 atom stereocenters. The average Bonchev–Trinajstić information content (AvgIpc) is 2.69. The summed E-state index contributed by atoms with van der Waals surface area (Å²) in [7, 11) is 0. The van der Waals surface area contributed by atoms with Crippen LogP contribution in [-0.2, 0) is 0 Å². The van der Waals surface area contributed by atoms with E-state index in [1.807, 2.05) is 18.2 Å². The van der Waals surface area contributed by atoms with E-state index in [-0.39, 0.29) is 0 Å². The first-order valence-electron chi connectivity index (χ1n) is 5.77. The van der Waals surface area contributed by atoms with Gasteiger partial charge < -0.3 is 9.84 Å². The molecule has 2 aromatic rings. The SMILES string of the molecule is CC(O)COc1ccc2nc(C(C)C)sc2c1. The van der Waals surface area contributed by atoms with Crippen LogP contribution in [0.3, 0.4) is 0 Å². The fraction of sp³-hybridized carbons (Fsp3) is 0.462. The molecule has 1 unspecified atom stereocenters. The Morgan fingerprint density at radius 2 is 2.12 bits per heavy atom. The molecule has 3 nitrogen and oxygen atoms in total. The van der Waals surface area contributed by atoms with Crippen LogP contribution in [0, 0.1) is 0 Å². The van der Waals surface area contributed by atoms with E-state index in [9.17, 15) is 0 Å². The van der Waals surface area contributed by atoms with Crippen LogP contribution in [0.25, 0.3) is 10.2 Å². The third-order valence-electron chi connectivity index (χ3n) is 2.36. The first-order chi connectivity index (χ1) is 8.06. The Labute approximate surface area is 105 Å². The minimum atomic E-state index is -0.446. The Balaban J connectivity index is 2.24. The summed E-state index contributed by atoms with van der Waals surface area (Å²) in [6.45, 7) is 6.31. The van der Waals surface area contributed by atoms with Gasteiger partial charge in [-0.1, -0.05) is 13.8 Å². The molecule has 0 bridgehead atoms. The second-order valence-corrected chi connectivity index (χ2v) is 5.56. The van der Waals surface area contributed by atoms with Crippen LogP contribution in [0.2, 0.25) is 0 Å². The topological polar surface area (TPSA) is 42.4 Å². The van der Waals surface area contributed by atoms with Crippen molar-refractivity contribution in [3.8, 4) is 5.75 Å². The molecule has 4 heteroatoms. The molecular formula is C13H17NO2S. The van der Waals surface area contributed by atoms with Gasteiger partial charge in [-0.3, -0.25) is 0 Å². The zero-order valence-electron chi connectivity index (χ0n) is 10.3.